The van der Waals surface area contributed by atoms with Crippen LogP contribution in [-0.2, 0) is 5.41 Å². The Morgan fingerprint density at radius 3 is 1.81 bits per heavy atom. The Bertz CT molecular complexity index is 653. The Morgan fingerprint density at radius 1 is 0.905 bits per heavy atom. The summed E-state index contributed by atoms with van der Waals surface area (Å²) in [5.41, 5.74) is 3.42. The number of hydrogen-bond acceptors (Lipinski definition) is 1. The van der Waals surface area contributed by atoms with Crippen molar-refractivity contribution in [2.45, 2.75) is 40.0 Å². The Hall–Kier alpha value is -1.96. The van der Waals surface area contributed by atoms with E-state index >= 15 is 0 Å². The maximum absolute atomic E-state index is 13.6. The number of hydrogen-bond donors (Lipinski definition) is 0. The van der Waals surface area contributed by atoms with Gasteiger partial charge in [0.15, 0.2) is 5.78 Å². The fourth-order valence-electron chi connectivity index (χ4n) is 2.37. The van der Waals surface area contributed by atoms with Crippen molar-refractivity contribution in [3.63, 3.8) is 0 Å². The van der Waals surface area contributed by atoms with Crippen LogP contribution in [0, 0.1) is 19.7 Å². The average Bonchev–Trinajstić information content (AvgIpc) is 2.42. The van der Waals surface area contributed by atoms with Crippen molar-refractivity contribution in [3.05, 3.63) is 70.0 Å². The van der Waals surface area contributed by atoms with Crippen molar-refractivity contribution < 1.29 is 9.18 Å². The molecule has 0 saturated heterocycles. The first-order valence-electron chi connectivity index (χ1n) is 7.12. The number of halogens is 1. The van der Waals surface area contributed by atoms with Gasteiger partial charge < -0.3 is 0 Å². The molecule has 1 nitrogen and oxygen atoms in total. The normalized spacial score (nSPS) is 11.5. The van der Waals surface area contributed by atoms with Crippen LogP contribution in [0.1, 0.15) is 53.4 Å². The Labute approximate surface area is 125 Å². The standard InChI is InChI=1S/C19H21FO/c1-12-10-15(11-13(2)17(12)20)18(21)14-6-8-16(9-7-14)19(3,4)5/h6-11H,1-5H3. The second-order valence-electron chi connectivity index (χ2n) is 6.58. The Balaban J connectivity index is 2.37. The van der Waals surface area contributed by atoms with Gasteiger partial charge in [0.25, 0.3) is 0 Å². The van der Waals surface area contributed by atoms with Gasteiger partial charge in [-0.25, -0.2) is 4.39 Å². The molecule has 110 valence electrons. The van der Waals surface area contributed by atoms with Gasteiger partial charge in [0.2, 0.25) is 0 Å². The van der Waals surface area contributed by atoms with Crippen molar-refractivity contribution in [2.24, 2.45) is 0 Å². The molecule has 0 amide bonds. The van der Waals surface area contributed by atoms with Gasteiger partial charge in [0.1, 0.15) is 5.82 Å². The van der Waals surface area contributed by atoms with E-state index in [1.807, 2.05) is 24.3 Å². The van der Waals surface area contributed by atoms with E-state index in [1.165, 1.54) is 5.56 Å². The zero-order chi connectivity index (χ0) is 15.8. The van der Waals surface area contributed by atoms with Crippen LogP contribution in [0.5, 0.6) is 0 Å². The van der Waals surface area contributed by atoms with E-state index in [0.29, 0.717) is 22.3 Å². The van der Waals surface area contributed by atoms with E-state index in [2.05, 4.69) is 20.8 Å². The molecule has 0 bridgehead atoms. The second-order valence-corrected chi connectivity index (χ2v) is 6.58. The molecule has 0 aliphatic heterocycles. The largest absolute Gasteiger partial charge is 0.289 e. The fraction of sp³-hybridized carbons (Fsp3) is 0.316. The number of aryl methyl sites for hydroxylation is 2. The molecule has 2 rings (SSSR count). The van der Waals surface area contributed by atoms with E-state index in [1.54, 1.807) is 26.0 Å². The minimum Gasteiger partial charge on any atom is -0.289 e. The quantitative estimate of drug-likeness (QED) is 0.711. The van der Waals surface area contributed by atoms with Gasteiger partial charge in [-0.1, -0.05) is 45.0 Å². The van der Waals surface area contributed by atoms with Crippen LogP contribution in [0.15, 0.2) is 36.4 Å². The summed E-state index contributed by atoms with van der Waals surface area (Å²) in [6, 6.07) is 10.9. The summed E-state index contributed by atoms with van der Waals surface area (Å²) < 4.78 is 13.6. The van der Waals surface area contributed by atoms with Gasteiger partial charge in [0.05, 0.1) is 0 Å². The topological polar surface area (TPSA) is 17.1 Å². The molecule has 0 unspecified atom stereocenters. The van der Waals surface area contributed by atoms with Crippen LogP contribution in [0.3, 0.4) is 0 Å². The third-order valence-corrected chi connectivity index (χ3v) is 3.71. The SMILES string of the molecule is Cc1cc(C(=O)c2ccc(C(C)(C)C)cc2)cc(C)c1F. The van der Waals surface area contributed by atoms with E-state index in [0.717, 1.165) is 0 Å². The number of carbonyl (C=O) groups excluding carboxylic acids is 1. The highest BCUT2D eigenvalue weighted by Gasteiger charge is 2.16. The molecule has 2 heteroatoms. The second kappa shape index (κ2) is 5.44. The maximum atomic E-state index is 13.6. The van der Waals surface area contributed by atoms with Crippen molar-refractivity contribution in [3.8, 4) is 0 Å². The highest BCUT2D eigenvalue weighted by atomic mass is 19.1. The van der Waals surface area contributed by atoms with Gasteiger partial charge in [-0.15, -0.1) is 0 Å². The van der Waals surface area contributed by atoms with Crippen LogP contribution < -0.4 is 0 Å². The van der Waals surface area contributed by atoms with Crippen molar-refractivity contribution >= 4 is 5.78 Å². The third kappa shape index (κ3) is 3.21. The van der Waals surface area contributed by atoms with Crippen molar-refractivity contribution in [1.82, 2.24) is 0 Å². The first-order valence-corrected chi connectivity index (χ1v) is 7.12. The summed E-state index contributed by atoms with van der Waals surface area (Å²) in [7, 11) is 0. The van der Waals surface area contributed by atoms with E-state index in [-0.39, 0.29) is 17.0 Å². The molecule has 0 spiro atoms. The predicted molar refractivity (Wildman–Crippen MR) is 84.4 cm³/mol. The zero-order valence-corrected chi connectivity index (χ0v) is 13.3. The predicted octanol–water partition coefficient (Wildman–Crippen LogP) is 4.97. The minimum atomic E-state index is -0.241. The molecule has 0 aliphatic carbocycles. The summed E-state index contributed by atoms with van der Waals surface area (Å²) in [5.74, 6) is -0.309. The maximum Gasteiger partial charge on any atom is 0.193 e. The van der Waals surface area contributed by atoms with Crippen LogP contribution in [0.4, 0.5) is 4.39 Å². The molecule has 0 atom stereocenters. The van der Waals surface area contributed by atoms with Crippen LogP contribution in [0.25, 0.3) is 0 Å². The van der Waals surface area contributed by atoms with Gasteiger partial charge >= 0.3 is 0 Å². The molecule has 0 aliphatic rings. The summed E-state index contributed by atoms with van der Waals surface area (Å²) in [6.45, 7) is 9.77. The molecule has 2 aromatic carbocycles. The molecule has 0 aromatic heterocycles. The van der Waals surface area contributed by atoms with Crippen molar-refractivity contribution in [1.29, 1.82) is 0 Å². The number of ketones is 1. The van der Waals surface area contributed by atoms with Crippen LogP contribution in [0.2, 0.25) is 0 Å². The zero-order valence-electron chi connectivity index (χ0n) is 13.3. The number of benzene rings is 2. The molecule has 21 heavy (non-hydrogen) atoms. The molecular formula is C19H21FO. The molecular weight excluding hydrogens is 263 g/mol. The van der Waals surface area contributed by atoms with Crippen molar-refractivity contribution in [2.75, 3.05) is 0 Å². The van der Waals surface area contributed by atoms with Gasteiger partial charge in [-0.05, 0) is 48.1 Å². The summed E-state index contributed by atoms with van der Waals surface area (Å²) in [5, 5.41) is 0. The fourth-order valence-corrected chi connectivity index (χ4v) is 2.37. The lowest BCUT2D eigenvalue weighted by Gasteiger charge is -2.19. The highest BCUT2D eigenvalue weighted by Crippen LogP contribution is 2.23. The monoisotopic (exact) mass is 284 g/mol. The van der Waals surface area contributed by atoms with Gasteiger partial charge in [-0.2, -0.15) is 0 Å². The third-order valence-electron chi connectivity index (χ3n) is 3.71. The molecule has 0 fully saturated rings. The molecule has 0 heterocycles. The van der Waals surface area contributed by atoms with E-state index < -0.39 is 0 Å². The van der Waals surface area contributed by atoms with Gasteiger partial charge in [-0.3, -0.25) is 4.79 Å². The Morgan fingerprint density at radius 2 is 1.38 bits per heavy atom. The first-order chi connectivity index (χ1) is 9.70. The first kappa shape index (κ1) is 15.4. The number of rotatable bonds is 2. The average molecular weight is 284 g/mol. The van der Waals surface area contributed by atoms with Crippen LogP contribution >= 0.6 is 0 Å². The molecule has 0 saturated carbocycles. The molecule has 2 aromatic rings. The Kier molecular flexibility index (Phi) is 3.99. The van der Waals surface area contributed by atoms with Crippen LogP contribution in [-0.4, -0.2) is 5.78 Å². The summed E-state index contributed by atoms with van der Waals surface area (Å²) in [4.78, 5) is 12.5. The molecule has 0 N–H and O–H groups in total. The van der Waals surface area contributed by atoms with E-state index in [4.69, 9.17) is 0 Å². The lowest BCUT2D eigenvalue weighted by molar-refractivity contribution is 0.103. The summed E-state index contributed by atoms with van der Waals surface area (Å²) in [6.07, 6.45) is 0. The summed E-state index contributed by atoms with van der Waals surface area (Å²) >= 11 is 0. The number of carbonyl (C=O) groups is 1. The lowest BCUT2D eigenvalue weighted by Crippen LogP contribution is -2.11. The minimum absolute atomic E-state index is 0.0601. The lowest BCUT2D eigenvalue weighted by atomic mass is 9.86. The molecule has 0 radical (unpaired) electrons. The van der Waals surface area contributed by atoms with Gasteiger partial charge in [0, 0.05) is 11.1 Å². The van der Waals surface area contributed by atoms with E-state index in [9.17, 15) is 9.18 Å². The smallest absolute Gasteiger partial charge is 0.193 e. The highest BCUT2D eigenvalue weighted by molar-refractivity contribution is 6.09.